The van der Waals surface area contributed by atoms with Gasteiger partial charge >= 0.3 is 0 Å². The lowest BCUT2D eigenvalue weighted by atomic mass is 10.00. The van der Waals surface area contributed by atoms with Gasteiger partial charge in [0.15, 0.2) is 11.5 Å². The summed E-state index contributed by atoms with van der Waals surface area (Å²) in [6.07, 6.45) is 0.632. The zero-order valence-electron chi connectivity index (χ0n) is 9.87. The fourth-order valence-corrected chi connectivity index (χ4v) is 1.97. The molecule has 0 bridgehead atoms. The van der Waals surface area contributed by atoms with Crippen molar-refractivity contribution < 1.29 is 9.84 Å². The van der Waals surface area contributed by atoms with Crippen LogP contribution in [0.2, 0.25) is 0 Å². The molecule has 0 spiro atoms. The molecule has 1 atom stereocenters. The minimum Gasteiger partial charge on any atom is -0.504 e. The van der Waals surface area contributed by atoms with Crippen LogP contribution in [0.4, 0.5) is 0 Å². The summed E-state index contributed by atoms with van der Waals surface area (Å²) in [7, 11) is 1.51. The van der Waals surface area contributed by atoms with Crippen LogP contribution in [0.15, 0.2) is 28.8 Å². The zero-order chi connectivity index (χ0) is 12.3. The first-order chi connectivity index (χ1) is 7.45. The van der Waals surface area contributed by atoms with Crippen LogP contribution >= 0.6 is 28.3 Å². The van der Waals surface area contributed by atoms with Crippen LogP contribution in [0.1, 0.15) is 24.9 Å². The summed E-state index contributed by atoms with van der Waals surface area (Å²) in [5.74, 6) is 0.515. The Kier molecular flexibility index (Phi) is 6.60. The van der Waals surface area contributed by atoms with Crippen molar-refractivity contribution in [1.82, 2.24) is 0 Å². The number of aromatic hydroxyl groups is 1. The first kappa shape index (κ1) is 16.3. The Morgan fingerprint density at radius 2 is 2.18 bits per heavy atom. The molecule has 0 aliphatic carbocycles. The van der Waals surface area contributed by atoms with Gasteiger partial charge in [-0.2, -0.15) is 0 Å². The summed E-state index contributed by atoms with van der Waals surface area (Å²) in [6.45, 7) is 5.72. The van der Waals surface area contributed by atoms with E-state index in [0.29, 0.717) is 17.7 Å². The van der Waals surface area contributed by atoms with Crippen LogP contribution in [-0.2, 0) is 0 Å². The van der Waals surface area contributed by atoms with Gasteiger partial charge in [0.1, 0.15) is 0 Å². The highest BCUT2D eigenvalue weighted by Crippen LogP contribution is 2.37. The number of nitrogens with two attached hydrogens (primary N) is 1. The third kappa shape index (κ3) is 4.22. The van der Waals surface area contributed by atoms with Gasteiger partial charge in [-0.25, -0.2) is 0 Å². The number of halogens is 2. The molecular weight excluding hydrogens is 305 g/mol. The number of benzene rings is 1. The van der Waals surface area contributed by atoms with Gasteiger partial charge in [0, 0.05) is 16.1 Å². The molecule has 0 radical (unpaired) electrons. The summed E-state index contributed by atoms with van der Waals surface area (Å²) in [5, 5.41) is 9.94. The van der Waals surface area contributed by atoms with E-state index in [1.807, 2.05) is 6.92 Å². The number of hydrogen-bond acceptors (Lipinski definition) is 3. The maximum atomic E-state index is 9.94. The van der Waals surface area contributed by atoms with Gasteiger partial charge < -0.3 is 15.6 Å². The molecule has 0 amide bonds. The Balaban J connectivity index is 0.00000256. The van der Waals surface area contributed by atoms with Gasteiger partial charge in [-0.05, 0) is 25.5 Å². The molecular formula is C12H17BrClNO2. The predicted octanol–water partition coefficient (Wildman–Crippen LogP) is 3.55. The average Bonchev–Trinajstić information content (AvgIpc) is 2.19. The van der Waals surface area contributed by atoms with Crippen LogP contribution < -0.4 is 10.5 Å². The number of hydrogen-bond donors (Lipinski definition) is 2. The molecule has 1 rings (SSSR count). The van der Waals surface area contributed by atoms with Crippen LogP contribution in [-0.4, -0.2) is 12.2 Å². The molecule has 0 unspecified atom stereocenters. The SMILES string of the molecule is C=C(C)C[C@@H](N)c1cc(Br)cc(OC)c1O.Cl. The van der Waals surface area contributed by atoms with Crippen molar-refractivity contribution in [3.05, 3.63) is 34.3 Å². The van der Waals surface area contributed by atoms with Crippen LogP contribution in [0, 0.1) is 0 Å². The molecule has 96 valence electrons. The van der Waals surface area contributed by atoms with E-state index in [1.54, 1.807) is 12.1 Å². The highest BCUT2D eigenvalue weighted by atomic mass is 79.9. The molecule has 0 heterocycles. The average molecular weight is 323 g/mol. The Morgan fingerprint density at radius 3 is 2.65 bits per heavy atom. The maximum Gasteiger partial charge on any atom is 0.162 e. The fraction of sp³-hybridized carbons (Fsp3) is 0.333. The Bertz CT molecular complexity index is 410. The van der Waals surface area contributed by atoms with Gasteiger partial charge in [-0.3, -0.25) is 0 Å². The van der Waals surface area contributed by atoms with Gasteiger partial charge in [0.25, 0.3) is 0 Å². The molecule has 0 fully saturated rings. The van der Waals surface area contributed by atoms with Gasteiger partial charge in [0.2, 0.25) is 0 Å². The molecule has 0 aliphatic heterocycles. The summed E-state index contributed by atoms with van der Waals surface area (Å²) >= 11 is 3.35. The van der Waals surface area contributed by atoms with E-state index >= 15 is 0 Å². The lowest BCUT2D eigenvalue weighted by Crippen LogP contribution is -2.11. The highest BCUT2D eigenvalue weighted by Gasteiger charge is 2.15. The zero-order valence-corrected chi connectivity index (χ0v) is 12.3. The molecule has 0 saturated carbocycles. The van der Waals surface area contributed by atoms with Crippen molar-refractivity contribution in [3.8, 4) is 11.5 Å². The van der Waals surface area contributed by atoms with Gasteiger partial charge in [-0.15, -0.1) is 19.0 Å². The third-order valence-corrected chi connectivity index (χ3v) is 2.71. The second-order valence-electron chi connectivity index (χ2n) is 3.81. The Labute approximate surface area is 116 Å². The monoisotopic (exact) mass is 321 g/mol. The summed E-state index contributed by atoms with van der Waals surface area (Å²) in [5.41, 5.74) is 7.63. The summed E-state index contributed by atoms with van der Waals surface area (Å²) < 4.78 is 5.89. The van der Waals surface area contributed by atoms with E-state index in [-0.39, 0.29) is 24.2 Å². The number of rotatable bonds is 4. The van der Waals surface area contributed by atoms with E-state index < -0.39 is 0 Å². The van der Waals surface area contributed by atoms with E-state index in [9.17, 15) is 5.11 Å². The second-order valence-corrected chi connectivity index (χ2v) is 4.73. The molecule has 5 heteroatoms. The molecule has 3 nitrogen and oxygen atoms in total. The second kappa shape index (κ2) is 6.89. The quantitative estimate of drug-likeness (QED) is 0.834. The molecule has 0 saturated heterocycles. The van der Waals surface area contributed by atoms with Crippen LogP contribution in [0.5, 0.6) is 11.5 Å². The first-order valence-electron chi connectivity index (χ1n) is 4.92. The first-order valence-corrected chi connectivity index (χ1v) is 5.71. The highest BCUT2D eigenvalue weighted by molar-refractivity contribution is 9.10. The van der Waals surface area contributed by atoms with E-state index in [1.165, 1.54) is 7.11 Å². The Morgan fingerprint density at radius 1 is 1.59 bits per heavy atom. The minimum absolute atomic E-state index is 0. The largest absolute Gasteiger partial charge is 0.504 e. The maximum absolute atomic E-state index is 9.94. The van der Waals surface area contributed by atoms with Crippen molar-refractivity contribution in [2.45, 2.75) is 19.4 Å². The van der Waals surface area contributed by atoms with E-state index in [2.05, 4.69) is 22.5 Å². The third-order valence-electron chi connectivity index (χ3n) is 2.26. The topological polar surface area (TPSA) is 55.5 Å². The van der Waals surface area contributed by atoms with Crippen LogP contribution in [0.25, 0.3) is 0 Å². The normalized spacial score (nSPS) is 11.5. The molecule has 0 aromatic heterocycles. The van der Waals surface area contributed by atoms with Crippen molar-refractivity contribution in [3.63, 3.8) is 0 Å². The molecule has 3 N–H and O–H groups in total. The molecule has 1 aromatic carbocycles. The van der Waals surface area contributed by atoms with Gasteiger partial charge in [0.05, 0.1) is 7.11 Å². The number of ether oxygens (including phenoxy) is 1. The van der Waals surface area contributed by atoms with Crippen molar-refractivity contribution in [1.29, 1.82) is 0 Å². The molecule has 1 aromatic rings. The van der Waals surface area contributed by atoms with Crippen molar-refractivity contribution >= 4 is 28.3 Å². The van der Waals surface area contributed by atoms with E-state index in [0.717, 1.165) is 10.0 Å². The van der Waals surface area contributed by atoms with Gasteiger partial charge in [-0.1, -0.05) is 21.5 Å². The fourth-order valence-electron chi connectivity index (χ4n) is 1.52. The minimum atomic E-state index is -0.274. The lowest BCUT2D eigenvalue weighted by molar-refractivity contribution is 0.368. The molecule has 17 heavy (non-hydrogen) atoms. The summed E-state index contributed by atoms with van der Waals surface area (Å²) in [6, 6.07) is 3.22. The number of phenols is 1. The lowest BCUT2D eigenvalue weighted by Gasteiger charge is -2.16. The number of methoxy groups -OCH3 is 1. The van der Waals surface area contributed by atoms with Crippen molar-refractivity contribution in [2.75, 3.05) is 7.11 Å². The Hall–Kier alpha value is -0.710. The van der Waals surface area contributed by atoms with E-state index in [4.69, 9.17) is 10.5 Å². The number of phenolic OH excluding ortho intramolecular Hbond substituents is 1. The molecule has 0 aliphatic rings. The standard InChI is InChI=1S/C12H16BrNO2.ClH/c1-7(2)4-10(14)9-5-8(13)6-11(16-3)12(9)15;/h5-6,10,15H,1,4,14H2,2-3H3;1H/t10-;/m1./s1. The van der Waals surface area contributed by atoms with Crippen LogP contribution in [0.3, 0.4) is 0 Å². The smallest absolute Gasteiger partial charge is 0.162 e. The predicted molar refractivity (Wildman–Crippen MR) is 76.0 cm³/mol. The summed E-state index contributed by atoms with van der Waals surface area (Å²) in [4.78, 5) is 0. The van der Waals surface area contributed by atoms with Crippen molar-refractivity contribution in [2.24, 2.45) is 5.73 Å².